The highest BCUT2D eigenvalue weighted by molar-refractivity contribution is 9.10. The fraction of sp³-hybridized carbons (Fsp3) is 0.500. The first-order valence-electron chi connectivity index (χ1n) is 6.52. The van der Waals surface area contributed by atoms with Crippen molar-refractivity contribution in [2.45, 2.75) is 38.3 Å². The second kappa shape index (κ2) is 7.38. The molecule has 1 aromatic rings. The number of benzene rings is 1. The zero-order chi connectivity index (χ0) is 14.0. The molecule has 0 saturated carbocycles. The Bertz CT molecular complexity index is 484. The molecular weight excluding hydrogens is 347 g/mol. The SMILES string of the molecule is CC(N)C1CCCCN1C(=O)c1ccc(Br)c(F)c1.Cl. The molecule has 0 aliphatic carbocycles. The number of amides is 1. The topological polar surface area (TPSA) is 46.3 Å². The molecule has 1 heterocycles. The van der Waals surface area contributed by atoms with Crippen LogP contribution < -0.4 is 5.73 Å². The van der Waals surface area contributed by atoms with Crippen molar-refractivity contribution >= 4 is 34.2 Å². The summed E-state index contributed by atoms with van der Waals surface area (Å²) in [5.41, 5.74) is 6.33. The molecule has 2 N–H and O–H groups in total. The van der Waals surface area contributed by atoms with E-state index >= 15 is 0 Å². The molecular formula is C14H19BrClFN2O. The van der Waals surface area contributed by atoms with Gasteiger partial charge in [-0.1, -0.05) is 0 Å². The van der Waals surface area contributed by atoms with E-state index in [1.54, 1.807) is 17.0 Å². The summed E-state index contributed by atoms with van der Waals surface area (Å²) < 4.78 is 13.9. The van der Waals surface area contributed by atoms with Gasteiger partial charge in [0, 0.05) is 24.2 Å². The monoisotopic (exact) mass is 364 g/mol. The quantitative estimate of drug-likeness (QED) is 0.873. The van der Waals surface area contributed by atoms with Crippen molar-refractivity contribution in [2.24, 2.45) is 5.73 Å². The highest BCUT2D eigenvalue weighted by Crippen LogP contribution is 2.23. The van der Waals surface area contributed by atoms with Crippen molar-refractivity contribution in [3.8, 4) is 0 Å². The van der Waals surface area contributed by atoms with Crippen LogP contribution in [0.3, 0.4) is 0 Å². The van der Waals surface area contributed by atoms with E-state index in [0.29, 0.717) is 16.6 Å². The molecule has 2 unspecified atom stereocenters. The minimum Gasteiger partial charge on any atom is -0.334 e. The van der Waals surface area contributed by atoms with Gasteiger partial charge in [0.05, 0.1) is 4.47 Å². The minimum absolute atomic E-state index is 0. The van der Waals surface area contributed by atoms with Gasteiger partial charge in [-0.05, 0) is 60.3 Å². The van der Waals surface area contributed by atoms with Gasteiger partial charge in [-0.15, -0.1) is 12.4 Å². The third kappa shape index (κ3) is 3.71. The van der Waals surface area contributed by atoms with E-state index in [2.05, 4.69) is 15.9 Å². The van der Waals surface area contributed by atoms with Gasteiger partial charge in [0.2, 0.25) is 0 Å². The average molecular weight is 366 g/mol. The smallest absolute Gasteiger partial charge is 0.254 e. The summed E-state index contributed by atoms with van der Waals surface area (Å²) in [6.07, 6.45) is 2.99. The number of hydrogen-bond acceptors (Lipinski definition) is 2. The van der Waals surface area contributed by atoms with Crippen molar-refractivity contribution in [1.29, 1.82) is 0 Å². The van der Waals surface area contributed by atoms with Crippen LogP contribution in [0.2, 0.25) is 0 Å². The first-order chi connectivity index (χ1) is 9.00. The maximum Gasteiger partial charge on any atom is 0.254 e. The zero-order valence-electron chi connectivity index (χ0n) is 11.3. The van der Waals surface area contributed by atoms with E-state index in [9.17, 15) is 9.18 Å². The molecule has 6 heteroatoms. The second-order valence-corrected chi connectivity index (χ2v) is 5.90. The lowest BCUT2D eigenvalue weighted by molar-refractivity contribution is 0.0583. The molecule has 0 spiro atoms. The van der Waals surface area contributed by atoms with E-state index in [4.69, 9.17) is 5.73 Å². The summed E-state index contributed by atoms with van der Waals surface area (Å²) >= 11 is 3.09. The van der Waals surface area contributed by atoms with Gasteiger partial charge in [-0.25, -0.2) is 4.39 Å². The fourth-order valence-electron chi connectivity index (χ4n) is 2.55. The fourth-order valence-corrected chi connectivity index (χ4v) is 2.80. The second-order valence-electron chi connectivity index (χ2n) is 5.05. The molecule has 20 heavy (non-hydrogen) atoms. The highest BCUT2D eigenvalue weighted by atomic mass is 79.9. The van der Waals surface area contributed by atoms with Gasteiger partial charge >= 0.3 is 0 Å². The summed E-state index contributed by atoms with van der Waals surface area (Å²) in [4.78, 5) is 14.3. The molecule has 1 aromatic carbocycles. The Morgan fingerprint density at radius 2 is 2.20 bits per heavy atom. The number of likely N-dealkylation sites (tertiary alicyclic amines) is 1. The van der Waals surface area contributed by atoms with Gasteiger partial charge in [0.15, 0.2) is 0 Å². The standard InChI is InChI=1S/C14H18BrFN2O.ClH/c1-9(17)13-4-2-3-7-18(13)14(19)10-5-6-11(15)12(16)8-10;/h5-6,8-9,13H,2-4,7,17H2,1H3;1H. The summed E-state index contributed by atoms with van der Waals surface area (Å²) in [6.45, 7) is 2.61. The normalized spacial score (nSPS) is 20.2. The van der Waals surface area contributed by atoms with Crippen LogP contribution in [0, 0.1) is 5.82 Å². The Hall–Kier alpha value is -0.650. The first-order valence-corrected chi connectivity index (χ1v) is 7.31. The Kier molecular flexibility index (Phi) is 6.43. The first kappa shape index (κ1) is 17.4. The largest absolute Gasteiger partial charge is 0.334 e. The van der Waals surface area contributed by atoms with E-state index in [-0.39, 0.29) is 30.4 Å². The van der Waals surface area contributed by atoms with Gasteiger partial charge in [0.25, 0.3) is 5.91 Å². The molecule has 0 aromatic heterocycles. The third-order valence-corrected chi connectivity index (χ3v) is 4.23. The molecule has 1 amide bonds. The molecule has 1 aliphatic rings. The molecule has 2 rings (SSSR count). The van der Waals surface area contributed by atoms with Crippen molar-refractivity contribution in [1.82, 2.24) is 4.90 Å². The lowest BCUT2D eigenvalue weighted by atomic mass is 9.96. The number of carbonyl (C=O) groups excluding carboxylic acids is 1. The Morgan fingerprint density at radius 3 is 2.80 bits per heavy atom. The van der Waals surface area contributed by atoms with E-state index in [1.165, 1.54) is 6.07 Å². The maximum absolute atomic E-state index is 13.5. The number of rotatable bonds is 2. The molecule has 2 atom stereocenters. The summed E-state index contributed by atoms with van der Waals surface area (Å²) in [5.74, 6) is -0.548. The maximum atomic E-state index is 13.5. The number of carbonyl (C=O) groups is 1. The molecule has 1 saturated heterocycles. The van der Waals surface area contributed by atoms with E-state index in [1.807, 2.05) is 6.92 Å². The highest BCUT2D eigenvalue weighted by Gasteiger charge is 2.29. The van der Waals surface area contributed by atoms with Crippen LogP contribution in [-0.4, -0.2) is 29.4 Å². The van der Waals surface area contributed by atoms with Crippen molar-refractivity contribution < 1.29 is 9.18 Å². The molecule has 1 aliphatic heterocycles. The molecule has 0 bridgehead atoms. The Balaban J connectivity index is 0.00000200. The Labute approximate surface area is 133 Å². The van der Waals surface area contributed by atoms with E-state index in [0.717, 1.165) is 19.3 Å². The molecule has 0 radical (unpaired) electrons. The van der Waals surface area contributed by atoms with Crippen LogP contribution in [0.1, 0.15) is 36.5 Å². The Morgan fingerprint density at radius 1 is 1.50 bits per heavy atom. The summed E-state index contributed by atoms with van der Waals surface area (Å²) in [5, 5.41) is 0. The van der Waals surface area contributed by atoms with Crippen LogP contribution >= 0.6 is 28.3 Å². The van der Waals surface area contributed by atoms with Gasteiger partial charge in [-0.2, -0.15) is 0 Å². The van der Waals surface area contributed by atoms with Crippen LogP contribution in [-0.2, 0) is 0 Å². The molecule has 1 fully saturated rings. The average Bonchev–Trinajstić information content (AvgIpc) is 2.41. The predicted molar refractivity (Wildman–Crippen MR) is 83.7 cm³/mol. The number of piperidine rings is 1. The molecule has 3 nitrogen and oxygen atoms in total. The van der Waals surface area contributed by atoms with Gasteiger partial charge in [-0.3, -0.25) is 4.79 Å². The van der Waals surface area contributed by atoms with Crippen LogP contribution in [0.4, 0.5) is 4.39 Å². The van der Waals surface area contributed by atoms with Crippen LogP contribution in [0.15, 0.2) is 22.7 Å². The predicted octanol–water partition coefficient (Wildman–Crippen LogP) is 3.35. The van der Waals surface area contributed by atoms with Crippen LogP contribution in [0.5, 0.6) is 0 Å². The lowest BCUT2D eigenvalue weighted by Crippen LogP contribution is -2.51. The minimum atomic E-state index is -0.416. The number of nitrogens with two attached hydrogens (primary N) is 1. The summed E-state index contributed by atoms with van der Waals surface area (Å²) in [7, 11) is 0. The van der Waals surface area contributed by atoms with Crippen molar-refractivity contribution in [2.75, 3.05) is 6.54 Å². The zero-order valence-corrected chi connectivity index (χ0v) is 13.7. The molecule has 112 valence electrons. The van der Waals surface area contributed by atoms with Crippen LogP contribution in [0.25, 0.3) is 0 Å². The van der Waals surface area contributed by atoms with E-state index < -0.39 is 5.82 Å². The lowest BCUT2D eigenvalue weighted by Gasteiger charge is -2.38. The van der Waals surface area contributed by atoms with Gasteiger partial charge in [0.1, 0.15) is 5.82 Å². The summed E-state index contributed by atoms with van der Waals surface area (Å²) in [6, 6.07) is 4.46. The number of nitrogens with zero attached hydrogens (tertiary/aromatic N) is 1. The van der Waals surface area contributed by atoms with Gasteiger partial charge < -0.3 is 10.6 Å². The number of halogens is 3. The van der Waals surface area contributed by atoms with Crippen molar-refractivity contribution in [3.05, 3.63) is 34.1 Å². The third-order valence-electron chi connectivity index (χ3n) is 3.58. The van der Waals surface area contributed by atoms with Crippen molar-refractivity contribution in [3.63, 3.8) is 0 Å². The number of hydrogen-bond donors (Lipinski definition) is 1.